The zero-order chi connectivity index (χ0) is 17.8. The number of carbonyl (C=O) groups is 1. The summed E-state index contributed by atoms with van der Waals surface area (Å²) < 4.78 is 5.26. The molecule has 1 aromatic carbocycles. The summed E-state index contributed by atoms with van der Waals surface area (Å²) in [4.78, 5) is 15.3. The Kier molecular flexibility index (Phi) is 6.00. The number of benzene rings is 1. The first-order valence-corrected chi connectivity index (χ1v) is 9.77. The van der Waals surface area contributed by atoms with E-state index < -0.39 is 0 Å². The molecule has 2 unspecified atom stereocenters. The van der Waals surface area contributed by atoms with E-state index >= 15 is 0 Å². The van der Waals surface area contributed by atoms with Crippen LogP contribution in [0.2, 0.25) is 0 Å². The van der Waals surface area contributed by atoms with Gasteiger partial charge in [0.25, 0.3) is 0 Å². The van der Waals surface area contributed by atoms with Gasteiger partial charge in [0, 0.05) is 18.2 Å². The largest absolute Gasteiger partial charge is 0.497 e. The molecular weight excluding hydrogens is 312 g/mol. The van der Waals surface area contributed by atoms with Crippen LogP contribution >= 0.6 is 0 Å². The van der Waals surface area contributed by atoms with E-state index in [1.54, 1.807) is 7.11 Å². The third-order valence-electron chi connectivity index (χ3n) is 6.02. The summed E-state index contributed by atoms with van der Waals surface area (Å²) in [6.45, 7) is 6.63. The van der Waals surface area contributed by atoms with E-state index in [1.807, 2.05) is 24.3 Å². The summed E-state index contributed by atoms with van der Waals surface area (Å²) in [5.74, 6) is 2.87. The van der Waals surface area contributed by atoms with Gasteiger partial charge in [0.2, 0.25) is 5.91 Å². The highest BCUT2D eigenvalue weighted by Crippen LogP contribution is 2.38. The van der Waals surface area contributed by atoms with Gasteiger partial charge in [-0.2, -0.15) is 0 Å². The third-order valence-corrected chi connectivity index (χ3v) is 6.02. The Morgan fingerprint density at radius 2 is 1.76 bits per heavy atom. The predicted octanol–water partition coefficient (Wildman–Crippen LogP) is 3.85. The van der Waals surface area contributed by atoms with Crippen molar-refractivity contribution in [2.45, 2.75) is 52.0 Å². The number of hydrogen-bond acceptors (Lipinski definition) is 3. The van der Waals surface area contributed by atoms with Gasteiger partial charge in [0.15, 0.2) is 0 Å². The Morgan fingerprint density at radius 1 is 1.12 bits per heavy atom. The van der Waals surface area contributed by atoms with Crippen molar-refractivity contribution in [2.24, 2.45) is 17.8 Å². The lowest BCUT2D eigenvalue weighted by Crippen LogP contribution is -2.41. The molecule has 25 heavy (non-hydrogen) atoms. The number of ether oxygens (including phenoxy) is 1. The van der Waals surface area contributed by atoms with Gasteiger partial charge in [-0.15, -0.1) is 0 Å². The van der Waals surface area contributed by atoms with Gasteiger partial charge in [-0.1, -0.05) is 6.92 Å². The molecule has 1 amide bonds. The van der Waals surface area contributed by atoms with E-state index in [4.69, 9.17) is 4.74 Å². The van der Waals surface area contributed by atoms with Crippen LogP contribution in [-0.2, 0) is 4.79 Å². The second-order valence-electron chi connectivity index (χ2n) is 7.81. The maximum atomic E-state index is 13.2. The Morgan fingerprint density at radius 3 is 2.32 bits per heavy atom. The van der Waals surface area contributed by atoms with Crippen molar-refractivity contribution in [2.75, 3.05) is 25.1 Å². The van der Waals surface area contributed by atoms with Crippen LogP contribution in [0.3, 0.4) is 0 Å². The minimum absolute atomic E-state index is 0.274. The van der Waals surface area contributed by atoms with Crippen LogP contribution < -0.4 is 15.0 Å². The van der Waals surface area contributed by atoms with Crippen LogP contribution in [0.1, 0.15) is 46.0 Å². The van der Waals surface area contributed by atoms with Gasteiger partial charge in [-0.05, 0) is 87.7 Å². The summed E-state index contributed by atoms with van der Waals surface area (Å²) in [7, 11) is 1.67. The average Bonchev–Trinajstić information content (AvgIpc) is 3.48. The lowest BCUT2D eigenvalue weighted by molar-refractivity contribution is -0.120. The highest BCUT2D eigenvalue weighted by Gasteiger charge is 2.36. The maximum absolute atomic E-state index is 13.2. The molecule has 1 aliphatic carbocycles. The molecule has 0 aromatic heterocycles. The predicted molar refractivity (Wildman–Crippen MR) is 102 cm³/mol. The Hall–Kier alpha value is -1.55. The van der Waals surface area contributed by atoms with E-state index in [9.17, 15) is 4.79 Å². The fourth-order valence-corrected chi connectivity index (χ4v) is 4.09. The van der Waals surface area contributed by atoms with Crippen LogP contribution in [0.5, 0.6) is 5.75 Å². The zero-order valence-electron chi connectivity index (χ0n) is 15.8. The van der Waals surface area contributed by atoms with Gasteiger partial charge in [-0.25, -0.2) is 0 Å². The van der Waals surface area contributed by atoms with Crippen molar-refractivity contribution < 1.29 is 9.53 Å². The molecule has 3 rings (SSSR count). The Balaban J connectivity index is 1.72. The first-order chi connectivity index (χ1) is 12.1. The molecule has 138 valence electrons. The van der Waals surface area contributed by atoms with Crippen molar-refractivity contribution in [3.63, 3.8) is 0 Å². The number of methoxy groups -OCH3 is 1. The summed E-state index contributed by atoms with van der Waals surface area (Å²) in [5.41, 5.74) is 1.00. The van der Waals surface area contributed by atoms with Gasteiger partial charge in [0.05, 0.1) is 7.11 Å². The molecule has 0 spiro atoms. The molecule has 0 bridgehead atoms. The smallest absolute Gasteiger partial charge is 0.227 e. The molecule has 2 atom stereocenters. The molecule has 4 heteroatoms. The Labute approximate surface area is 151 Å². The van der Waals surface area contributed by atoms with Crippen LogP contribution in [0, 0.1) is 17.8 Å². The number of anilines is 1. The van der Waals surface area contributed by atoms with Crippen LogP contribution in [-0.4, -0.2) is 32.1 Å². The number of amides is 1. The summed E-state index contributed by atoms with van der Waals surface area (Å²) in [6.07, 6.45) is 5.51. The van der Waals surface area contributed by atoms with E-state index in [-0.39, 0.29) is 11.9 Å². The van der Waals surface area contributed by atoms with E-state index in [2.05, 4.69) is 24.1 Å². The van der Waals surface area contributed by atoms with Gasteiger partial charge in [-0.3, -0.25) is 4.79 Å². The fourth-order valence-electron chi connectivity index (χ4n) is 4.09. The van der Waals surface area contributed by atoms with Crippen LogP contribution in [0.25, 0.3) is 0 Å². The van der Waals surface area contributed by atoms with Gasteiger partial charge < -0.3 is 15.0 Å². The molecule has 2 fully saturated rings. The summed E-state index contributed by atoms with van der Waals surface area (Å²) in [6, 6.07) is 8.22. The lowest BCUT2D eigenvalue weighted by Gasteiger charge is -2.33. The van der Waals surface area contributed by atoms with Gasteiger partial charge in [0.1, 0.15) is 5.75 Å². The lowest BCUT2D eigenvalue weighted by atomic mass is 9.83. The third kappa shape index (κ3) is 4.55. The first-order valence-electron chi connectivity index (χ1n) is 9.77. The second kappa shape index (κ2) is 8.22. The summed E-state index contributed by atoms with van der Waals surface area (Å²) >= 11 is 0. The summed E-state index contributed by atoms with van der Waals surface area (Å²) in [5, 5.41) is 3.42. The van der Waals surface area contributed by atoms with E-state index in [0.717, 1.165) is 24.5 Å². The quantitative estimate of drug-likeness (QED) is 0.817. The fraction of sp³-hybridized carbons (Fsp3) is 0.667. The number of piperidine rings is 1. The second-order valence-corrected chi connectivity index (χ2v) is 7.81. The number of hydrogen-bond donors (Lipinski definition) is 1. The molecule has 1 aliphatic heterocycles. The molecule has 1 heterocycles. The molecule has 1 saturated carbocycles. The molecular formula is C21H32N2O2. The SMILES string of the molecule is COc1ccc(N(C(=O)CC(C)C2CCNCC2)C(C)C2CC2)cc1. The van der Waals surface area contributed by atoms with E-state index in [0.29, 0.717) is 24.2 Å². The molecule has 1 N–H and O–H groups in total. The zero-order valence-corrected chi connectivity index (χ0v) is 15.8. The average molecular weight is 344 g/mol. The minimum Gasteiger partial charge on any atom is -0.497 e. The van der Waals surface area contributed by atoms with Crippen molar-refractivity contribution in [3.8, 4) is 5.75 Å². The van der Waals surface area contributed by atoms with Crippen LogP contribution in [0.4, 0.5) is 5.69 Å². The van der Waals surface area contributed by atoms with Crippen molar-refractivity contribution in [3.05, 3.63) is 24.3 Å². The number of rotatable bonds is 7. The molecule has 4 nitrogen and oxygen atoms in total. The van der Waals surface area contributed by atoms with Crippen LogP contribution in [0.15, 0.2) is 24.3 Å². The number of carbonyl (C=O) groups excluding carboxylic acids is 1. The maximum Gasteiger partial charge on any atom is 0.227 e. The van der Waals surface area contributed by atoms with E-state index in [1.165, 1.54) is 25.7 Å². The number of nitrogens with zero attached hydrogens (tertiary/aromatic N) is 1. The standard InChI is InChI=1S/C21H32N2O2/c1-15(17-10-12-22-13-11-17)14-21(24)23(16(2)18-4-5-18)19-6-8-20(25-3)9-7-19/h6-9,15-18,22H,4-5,10-14H2,1-3H3. The molecule has 2 aliphatic rings. The monoisotopic (exact) mass is 344 g/mol. The van der Waals surface area contributed by atoms with Crippen molar-refractivity contribution in [1.82, 2.24) is 5.32 Å². The minimum atomic E-state index is 0.274. The molecule has 0 radical (unpaired) electrons. The normalized spacial score (nSPS) is 20.8. The van der Waals surface area contributed by atoms with Gasteiger partial charge >= 0.3 is 0 Å². The highest BCUT2D eigenvalue weighted by atomic mass is 16.5. The van der Waals surface area contributed by atoms with Crippen molar-refractivity contribution >= 4 is 11.6 Å². The molecule has 1 aromatic rings. The Bertz CT molecular complexity index is 562. The number of nitrogens with one attached hydrogen (secondary N) is 1. The molecule has 1 saturated heterocycles. The first kappa shape index (κ1) is 18.2. The highest BCUT2D eigenvalue weighted by molar-refractivity contribution is 5.94. The van der Waals surface area contributed by atoms with Crippen molar-refractivity contribution in [1.29, 1.82) is 0 Å². The topological polar surface area (TPSA) is 41.6 Å².